The van der Waals surface area contributed by atoms with E-state index < -0.39 is 11.7 Å². The zero-order valence-corrected chi connectivity index (χ0v) is 12.2. The molecule has 1 fully saturated rings. The van der Waals surface area contributed by atoms with Gasteiger partial charge in [-0.2, -0.15) is 0 Å². The smallest absolute Gasteiger partial charge is 0.299 e. The van der Waals surface area contributed by atoms with Gasteiger partial charge in [-0.3, -0.25) is 19.3 Å². The number of rotatable bonds is 2. The molecule has 0 atom stereocenters. The summed E-state index contributed by atoms with van der Waals surface area (Å²) in [7, 11) is 0. The van der Waals surface area contributed by atoms with Crippen molar-refractivity contribution < 1.29 is 14.4 Å². The summed E-state index contributed by atoms with van der Waals surface area (Å²) in [6.07, 6.45) is 3.10. The first-order valence-corrected chi connectivity index (χ1v) is 7.39. The molecule has 0 spiro atoms. The predicted molar refractivity (Wildman–Crippen MR) is 78.6 cm³/mol. The summed E-state index contributed by atoms with van der Waals surface area (Å²) in [6, 6.07) is 4.66. The van der Waals surface area contributed by atoms with Crippen molar-refractivity contribution in [2.24, 2.45) is 0 Å². The summed E-state index contributed by atoms with van der Waals surface area (Å²) in [5.41, 5.74) is 0.749. The number of hydrogen-bond acceptors (Lipinski definition) is 3. The lowest BCUT2D eigenvalue weighted by Crippen LogP contribution is -2.44. The van der Waals surface area contributed by atoms with Crippen LogP contribution in [0.4, 0.5) is 5.69 Å². The largest absolute Gasteiger partial charge is 0.341 e. The molecular formula is C15H15ClN2O3. The molecule has 2 aliphatic rings. The Bertz CT molecular complexity index is 623. The summed E-state index contributed by atoms with van der Waals surface area (Å²) < 4.78 is 0. The highest BCUT2D eigenvalue weighted by Crippen LogP contribution is 2.31. The average Bonchev–Trinajstić information content (AvgIpc) is 2.73. The van der Waals surface area contributed by atoms with Gasteiger partial charge in [0, 0.05) is 18.1 Å². The first-order valence-electron chi connectivity index (χ1n) is 7.01. The number of piperidine rings is 1. The van der Waals surface area contributed by atoms with Crippen molar-refractivity contribution in [3.05, 3.63) is 28.8 Å². The number of likely N-dealkylation sites (tertiary alicyclic amines) is 1. The number of benzene rings is 1. The molecule has 1 aromatic rings. The van der Waals surface area contributed by atoms with Gasteiger partial charge in [-0.05, 0) is 37.5 Å². The topological polar surface area (TPSA) is 57.7 Å². The fourth-order valence-corrected chi connectivity index (χ4v) is 2.97. The van der Waals surface area contributed by atoms with Gasteiger partial charge in [-0.1, -0.05) is 11.6 Å². The van der Waals surface area contributed by atoms with Gasteiger partial charge in [-0.15, -0.1) is 0 Å². The lowest BCUT2D eigenvalue weighted by molar-refractivity contribution is -0.131. The highest BCUT2D eigenvalue weighted by atomic mass is 35.5. The molecule has 2 aliphatic heterocycles. The van der Waals surface area contributed by atoms with Gasteiger partial charge in [0.15, 0.2) is 0 Å². The molecule has 1 aromatic carbocycles. The minimum atomic E-state index is -0.655. The van der Waals surface area contributed by atoms with E-state index in [1.54, 1.807) is 17.0 Å². The Morgan fingerprint density at radius 2 is 1.86 bits per heavy atom. The van der Waals surface area contributed by atoms with Crippen molar-refractivity contribution >= 4 is 34.9 Å². The fourth-order valence-electron chi connectivity index (χ4n) is 2.80. The van der Waals surface area contributed by atoms with Gasteiger partial charge in [0.1, 0.15) is 6.54 Å². The molecule has 0 radical (unpaired) electrons. The third-order valence-corrected chi connectivity index (χ3v) is 4.17. The molecule has 2 heterocycles. The molecule has 110 valence electrons. The van der Waals surface area contributed by atoms with Crippen LogP contribution in [-0.2, 0) is 9.59 Å². The second-order valence-corrected chi connectivity index (χ2v) is 5.76. The molecule has 6 heteroatoms. The zero-order valence-electron chi connectivity index (χ0n) is 11.5. The lowest BCUT2D eigenvalue weighted by Gasteiger charge is -2.28. The van der Waals surface area contributed by atoms with Crippen LogP contribution < -0.4 is 4.90 Å². The Balaban J connectivity index is 1.82. The van der Waals surface area contributed by atoms with Crippen molar-refractivity contribution in [1.82, 2.24) is 4.90 Å². The summed E-state index contributed by atoms with van der Waals surface area (Å²) in [5.74, 6) is -1.35. The quantitative estimate of drug-likeness (QED) is 0.784. The van der Waals surface area contributed by atoms with E-state index in [0.717, 1.165) is 32.4 Å². The maximum absolute atomic E-state index is 12.3. The van der Waals surface area contributed by atoms with Gasteiger partial charge < -0.3 is 4.90 Å². The number of hydrogen-bond donors (Lipinski definition) is 0. The maximum Gasteiger partial charge on any atom is 0.299 e. The second-order valence-electron chi connectivity index (χ2n) is 5.32. The number of halogens is 1. The first kappa shape index (κ1) is 14.1. The molecule has 0 aromatic heterocycles. The number of nitrogens with zero attached hydrogens (tertiary/aromatic N) is 2. The summed E-state index contributed by atoms with van der Waals surface area (Å²) in [5, 5.41) is 0.437. The second kappa shape index (κ2) is 5.48. The molecule has 0 aliphatic carbocycles. The number of amides is 2. The monoisotopic (exact) mass is 306 g/mol. The molecule has 5 nitrogen and oxygen atoms in total. The van der Waals surface area contributed by atoms with Crippen molar-refractivity contribution in [3.8, 4) is 0 Å². The Labute approximate surface area is 127 Å². The number of fused-ring (bicyclic) bond motifs is 1. The van der Waals surface area contributed by atoms with Crippen LogP contribution in [0.25, 0.3) is 0 Å². The number of ketones is 1. The van der Waals surface area contributed by atoms with E-state index in [0.29, 0.717) is 16.3 Å². The van der Waals surface area contributed by atoms with E-state index in [2.05, 4.69) is 0 Å². The molecule has 2 amide bonds. The van der Waals surface area contributed by atoms with Crippen LogP contribution in [0.2, 0.25) is 5.02 Å². The number of carbonyl (C=O) groups is 3. The van der Waals surface area contributed by atoms with Crippen LogP contribution >= 0.6 is 11.6 Å². The van der Waals surface area contributed by atoms with Gasteiger partial charge in [0.25, 0.3) is 11.7 Å². The Morgan fingerprint density at radius 3 is 2.57 bits per heavy atom. The SMILES string of the molecule is O=C1C(=O)N(CC(=O)N2CCCCC2)c2cc(Cl)ccc21. The molecule has 0 bridgehead atoms. The van der Waals surface area contributed by atoms with Crippen LogP contribution in [0.3, 0.4) is 0 Å². The Hall–Kier alpha value is -1.88. The van der Waals surface area contributed by atoms with Gasteiger partial charge in [0.05, 0.1) is 11.3 Å². The molecule has 0 unspecified atom stereocenters. The lowest BCUT2D eigenvalue weighted by atomic mass is 10.1. The summed E-state index contributed by atoms with van der Waals surface area (Å²) >= 11 is 5.92. The van der Waals surface area contributed by atoms with Gasteiger partial charge >= 0.3 is 0 Å². The van der Waals surface area contributed by atoms with Crippen LogP contribution in [-0.4, -0.2) is 42.1 Å². The minimum absolute atomic E-state index is 0.0993. The number of carbonyl (C=O) groups excluding carboxylic acids is 3. The van der Waals surface area contributed by atoms with Gasteiger partial charge in [-0.25, -0.2) is 0 Å². The van der Waals surface area contributed by atoms with Crippen LogP contribution in [0.5, 0.6) is 0 Å². The van der Waals surface area contributed by atoms with Crippen LogP contribution in [0.1, 0.15) is 29.6 Å². The molecule has 0 saturated carbocycles. The Kier molecular flexibility index (Phi) is 3.68. The normalized spacial score (nSPS) is 18.1. The van der Waals surface area contributed by atoms with E-state index in [4.69, 9.17) is 11.6 Å². The number of Topliss-reactive ketones (excluding diaryl/α,β-unsaturated/α-hetero) is 1. The fraction of sp³-hybridized carbons (Fsp3) is 0.400. The third kappa shape index (κ3) is 2.53. The van der Waals surface area contributed by atoms with Crippen molar-refractivity contribution in [3.63, 3.8) is 0 Å². The predicted octanol–water partition coefficient (Wildman–Crippen LogP) is 1.88. The highest BCUT2D eigenvalue weighted by molar-refractivity contribution is 6.53. The summed E-state index contributed by atoms with van der Waals surface area (Å²) in [6.45, 7) is 1.34. The standard InChI is InChI=1S/C15H15ClN2O3/c16-10-4-5-11-12(8-10)18(15(21)14(11)20)9-13(19)17-6-2-1-3-7-17/h4-5,8H,1-3,6-7,9H2. The average molecular weight is 307 g/mol. The summed E-state index contributed by atoms with van der Waals surface area (Å²) in [4.78, 5) is 39.3. The molecule has 3 rings (SSSR count). The molecular weight excluding hydrogens is 292 g/mol. The third-order valence-electron chi connectivity index (χ3n) is 3.94. The van der Waals surface area contributed by atoms with Crippen LogP contribution in [0, 0.1) is 0 Å². The number of anilines is 1. The van der Waals surface area contributed by atoms with E-state index in [1.165, 1.54) is 11.0 Å². The first-order chi connectivity index (χ1) is 10.1. The molecule has 0 N–H and O–H groups in total. The highest BCUT2D eigenvalue weighted by Gasteiger charge is 2.37. The van der Waals surface area contributed by atoms with E-state index >= 15 is 0 Å². The van der Waals surface area contributed by atoms with Gasteiger partial charge in [0.2, 0.25) is 5.91 Å². The Morgan fingerprint density at radius 1 is 1.14 bits per heavy atom. The zero-order chi connectivity index (χ0) is 15.0. The molecule has 21 heavy (non-hydrogen) atoms. The molecule has 1 saturated heterocycles. The van der Waals surface area contributed by atoms with Crippen molar-refractivity contribution in [2.75, 3.05) is 24.5 Å². The minimum Gasteiger partial charge on any atom is -0.341 e. The van der Waals surface area contributed by atoms with Crippen LogP contribution in [0.15, 0.2) is 18.2 Å². The van der Waals surface area contributed by atoms with E-state index in [1.807, 2.05) is 0 Å². The van der Waals surface area contributed by atoms with Crippen molar-refractivity contribution in [2.45, 2.75) is 19.3 Å². The van der Waals surface area contributed by atoms with E-state index in [9.17, 15) is 14.4 Å². The van der Waals surface area contributed by atoms with Crippen molar-refractivity contribution in [1.29, 1.82) is 0 Å². The van der Waals surface area contributed by atoms with E-state index in [-0.39, 0.29) is 12.5 Å². The maximum atomic E-state index is 12.3.